The third-order valence-electron chi connectivity index (χ3n) is 6.31. The van der Waals surface area contributed by atoms with Crippen molar-refractivity contribution in [3.63, 3.8) is 0 Å². The maximum Gasteiger partial charge on any atom is 0.252 e. The Labute approximate surface area is 200 Å². The van der Waals surface area contributed by atoms with Crippen LogP contribution in [0.5, 0.6) is 11.5 Å². The lowest BCUT2D eigenvalue weighted by Gasteiger charge is -2.22. The molecule has 35 heavy (non-hydrogen) atoms. The highest BCUT2D eigenvalue weighted by molar-refractivity contribution is 5.83. The van der Waals surface area contributed by atoms with Gasteiger partial charge in [0, 0.05) is 30.2 Å². The number of hydrogen-bond acceptors (Lipinski definition) is 9. The first-order chi connectivity index (χ1) is 17.2. The predicted octanol–water partition coefficient (Wildman–Crippen LogP) is 2.26. The SMILES string of the molecule is O=c1[nH]c2cc3c(cc2cc1CN(Cc1ccco1)Cc1nnnn1CC1CCCO1)OCCO3. The van der Waals surface area contributed by atoms with Crippen molar-refractivity contribution in [1.82, 2.24) is 30.1 Å². The molecule has 1 unspecified atom stereocenters. The molecule has 3 aromatic heterocycles. The van der Waals surface area contributed by atoms with Crippen molar-refractivity contribution in [2.24, 2.45) is 0 Å². The van der Waals surface area contributed by atoms with Crippen LogP contribution in [0.25, 0.3) is 10.9 Å². The molecule has 0 radical (unpaired) electrons. The van der Waals surface area contributed by atoms with Gasteiger partial charge in [0.1, 0.15) is 19.0 Å². The van der Waals surface area contributed by atoms with Crippen molar-refractivity contribution >= 4 is 10.9 Å². The van der Waals surface area contributed by atoms with Crippen LogP contribution in [0.15, 0.2) is 45.8 Å². The summed E-state index contributed by atoms with van der Waals surface area (Å²) in [7, 11) is 0. The molecule has 6 rings (SSSR count). The molecule has 0 saturated carbocycles. The summed E-state index contributed by atoms with van der Waals surface area (Å²) in [4.78, 5) is 18.1. The minimum absolute atomic E-state index is 0.122. The summed E-state index contributed by atoms with van der Waals surface area (Å²) in [6.07, 6.45) is 3.82. The first-order valence-electron chi connectivity index (χ1n) is 11.8. The molecule has 0 aliphatic carbocycles. The zero-order valence-electron chi connectivity index (χ0n) is 19.2. The smallest absolute Gasteiger partial charge is 0.252 e. The lowest BCUT2D eigenvalue weighted by Crippen LogP contribution is -2.28. The Morgan fingerprint density at radius 1 is 1.09 bits per heavy atom. The van der Waals surface area contributed by atoms with Crippen molar-refractivity contribution < 1.29 is 18.6 Å². The quantitative estimate of drug-likeness (QED) is 0.406. The minimum atomic E-state index is -0.155. The van der Waals surface area contributed by atoms with E-state index in [1.165, 1.54) is 0 Å². The number of benzene rings is 1. The number of aromatic amines is 1. The number of pyridine rings is 1. The molecule has 2 aliphatic heterocycles. The molecule has 0 amide bonds. The standard InChI is InChI=1S/C24H26N6O5/c31-24-17(9-16-10-21-22(11-20(16)25-24)35-8-7-34-21)12-29(13-18-3-1-5-32-18)15-23-26-27-28-30(23)14-19-4-2-6-33-19/h1,3,5,9-11,19H,2,4,6-8,12-15H2,(H,25,31). The van der Waals surface area contributed by atoms with E-state index in [0.717, 1.165) is 30.6 Å². The van der Waals surface area contributed by atoms with Crippen molar-refractivity contribution in [3.05, 3.63) is 64.1 Å². The number of ether oxygens (including phenoxy) is 3. The van der Waals surface area contributed by atoms with Gasteiger partial charge in [-0.1, -0.05) is 0 Å². The van der Waals surface area contributed by atoms with Crippen LogP contribution in [0, 0.1) is 0 Å². The maximum absolute atomic E-state index is 13.0. The van der Waals surface area contributed by atoms with Crippen molar-refractivity contribution in [1.29, 1.82) is 0 Å². The number of rotatable bonds is 8. The number of fused-ring (bicyclic) bond motifs is 2. The summed E-state index contributed by atoms with van der Waals surface area (Å²) in [6, 6.07) is 9.38. The zero-order valence-corrected chi connectivity index (χ0v) is 19.2. The van der Waals surface area contributed by atoms with E-state index in [0.29, 0.717) is 67.8 Å². The molecule has 0 bridgehead atoms. The van der Waals surface area contributed by atoms with Gasteiger partial charge in [0.15, 0.2) is 17.3 Å². The second-order valence-electron chi connectivity index (χ2n) is 8.84. The van der Waals surface area contributed by atoms with Gasteiger partial charge in [0.25, 0.3) is 5.56 Å². The second-order valence-corrected chi connectivity index (χ2v) is 8.84. The van der Waals surface area contributed by atoms with Crippen molar-refractivity contribution in [3.8, 4) is 11.5 Å². The summed E-state index contributed by atoms with van der Waals surface area (Å²) in [5.74, 6) is 2.83. The Balaban J connectivity index is 1.28. The molecule has 4 aromatic rings. The van der Waals surface area contributed by atoms with E-state index in [9.17, 15) is 4.79 Å². The molecule has 5 heterocycles. The number of nitrogens with one attached hydrogen (secondary N) is 1. The average molecular weight is 479 g/mol. The van der Waals surface area contributed by atoms with Crippen LogP contribution >= 0.6 is 0 Å². The normalized spacial score (nSPS) is 17.5. The summed E-state index contributed by atoms with van der Waals surface area (Å²) in [6.45, 7) is 3.71. The summed E-state index contributed by atoms with van der Waals surface area (Å²) in [5.41, 5.74) is 1.18. The molecule has 1 atom stereocenters. The third-order valence-corrected chi connectivity index (χ3v) is 6.31. The molecule has 11 heteroatoms. The molecule has 1 N–H and O–H groups in total. The van der Waals surface area contributed by atoms with Crippen LogP contribution in [-0.2, 0) is 30.9 Å². The highest BCUT2D eigenvalue weighted by Crippen LogP contribution is 2.33. The van der Waals surface area contributed by atoms with Gasteiger partial charge in [-0.05, 0) is 47.5 Å². The van der Waals surface area contributed by atoms with Crippen LogP contribution in [0.4, 0.5) is 0 Å². The first kappa shape index (κ1) is 21.8. The van der Waals surface area contributed by atoms with Gasteiger partial charge in [0.05, 0.1) is 37.5 Å². The minimum Gasteiger partial charge on any atom is -0.486 e. The third kappa shape index (κ3) is 4.77. The van der Waals surface area contributed by atoms with E-state index >= 15 is 0 Å². The molecule has 2 aliphatic rings. The maximum atomic E-state index is 13.0. The number of hydrogen-bond donors (Lipinski definition) is 1. The van der Waals surface area contributed by atoms with E-state index in [-0.39, 0.29) is 11.7 Å². The van der Waals surface area contributed by atoms with E-state index in [4.69, 9.17) is 18.6 Å². The van der Waals surface area contributed by atoms with Gasteiger partial charge in [-0.15, -0.1) is 5.10 Å². The topological polar surface area (TPSA) is 121 Å². The molecule has 0 spiro atoms. The van der Waals surface area contributed by atoms with E-state index < -0.39 is 0 Å². The Morgan fingerprint density at radius 3 is 2.77 bits per heavy atom. The molecule has 1 saturated heterocycles. The predicted molar refractivity (Wildman–Crippen MR) is 124 cm³/mol. The Kier molecular flexibility index (Phi) is 5.93. The molecule has 1 aromatic carbocycles. The second kappa shape index (κ2) is 9.51. The summed E-state index contributed by atoms with van der Waals surface area (Å²) < 4.78 is 24.5. The molecule has 182 valence electrons. The van der Waals surface area contributed by atoms with Crippen LogP contribution in [0.3, 0.4) is 0 Å². The Hall–Kier alpha value is -3.70. The van der Waals surface area contributed by atoms with E-state index in [1.54, 1.807) is 10.9 Å². The molecular formula is C24H26N6O5. The fourth-order valence-corrected chi connectivity index (χ4v) is 4.60. The van der Waals surface area contributed by atoms with Gasteiger partial charge in [0.2, 0.25) is 0 Å². The number of furan rings is 1. The van der Waals surface area contributed by atoms with Crippen LogP contribution in [0.1, 0.15) is 30.0 Å². The fraction of sp³-hybridized carbons (Fsp3) is 0.417. The Bertz CT molecular complexity index is 1360. The number of nitrogens with zero attached hydrogens (tertiary/aromatic N) is 5. The van der Waals surface area contributed by atoms with Gasteiger partial charge < -0.3 is 23.6 Å². The Morgan fingerprint density at radius 2 is 1.97 bits per heavy atom. The monoisotopic (exact) mass is 478 g/mol. The lowest BCUT2D eigenvalue weighted by atomic mass is 10.1. The van der Waals surface area contributed by atoms with E-state index in [2.05, 4.69) is 25.4 Å². The largest absolute Gasteiger partial charge is 0.486 e. The molecule has 11 nitrogen and oxygen atoms in total. The number of H-pyrrole nitrogens is 1. The van der Waals surface area contributed by atoms with Crippen LogP contribution < -0.4 is 15.0 Å². The van der Waals surface area contributed by atoms with Crippen LogP contribution in [0.2, 0.25) is 0 Å². The summed E-state index contributed by atoms with van der Waals surface area (Å²) >= 11 is 0. The van der Waals surface area contributed by atoms with Crippen LogP contribution in [-0.4, -0.2) is 56.0 Å². The van der Waals surface area contributed by atoms with Gasteiger partial charge in [-0.25, -0.2) is 4.68 Å². The number of aromatic nitrogens is 5. The van der Waals surface area contributed by atoms with Crippen molar-refractivity contribution in [2.45, 2.75) is 45.1 Å². The van der Waals surface area contributed by atoms with Crippen molar-refractivity contribution in [2.75, 3.05) is 19.8 Å². The fourth-order valence-electron chi connectivity index (χ4n) is 4.60. The van der Waals surface area contributed by atoms with Gasteiger partial charge >= 0.3 is 0 Å². The molecule has 1 fully saturated rings. The highest BCUT2D eigenvalue weighted by Gasteiger charge is 2.21. The molecular weight excluding hydrogens is 452 g/mol. The van der Waals surface area contributed by atoms with Gasteiger partial charge in [-0.2, -0.15) is 0 Å². The number of tetrazole rings is 1. The van der Waals surface area contributed by atoms with E-state index in [1.807, 2.05) is 30.3 Å². The zero-order chi connectivity index (χ0) is 23.6. The van der Waals surface area contributed by atoms with Gasteiger partial charge in [-0.3, -0.25) is 9.69 Å². The first-order valence-corrected chi connectivity index (χ1v) is 11.8. The highest BCUT2D eigenvalue weighted by atomic mass is 16.6. The summed E-state index contributed by atoms with van der Waals surface area (Å²) in [5, 5.41) is 13.2. The lowest BCUT2D eigenvalue weighted by molar-refractivity contribution is 0.0913. The average Bonchev–Trinajstić information content (AvgIpc) is 3.63.